The summed E-state index contributed by atoms with van der Waals surface area (Å²) in [6.45, 7) is 0. The molecular weight excluding hydrogens is 252 g/mol. The highest BCUT2D eigenvalue weighted by molar-refractivity contribution is 5.98. The molecule has 0 bridgehead atoms. The standard InChI is InChI=1S/C15H16N4O/c1-19(2)13-5-3-12(4-6-13)15-17-14(18-20-15)11-7-9-16-10-8-11/h3-10,15H,1-2H3,(H,17,18). The minimum atomic E-state index is -0.311. The number of nitrogens with zero attached hydrogens (tertiary/aromatic N) is 3. The normalized spacial score (nSPS) is 17.5. The number of nitrogens with one attached hydrogen (secondary N) is 1. The largest absolute Gasteiger partial charge is 0.378 e. The number of aromatic nitrogens is 1. The summed E-state index contributed by atoms with van der Waals surface area (Å²) >= 11 is 0. The molecule has 2 aromatic rings. The van der Waals surface area contributed by atoms with Crippen LogP contribution >= 0.6 is 0 Å². The molecule has 0 saturated heterocycles. The number of hydroxylamine groups is 1. The molecule has 1 aromatic heterocycles. The van der Waals surface area contributed by atoms with Crippen molar-refractivity contribution in [3.63, 3.8) is 0 Å². The fraction of sp³-hybridized carbons (Fsp3) is 0.200. The summed E-state index contributed by atoms with van der Waals surface area (Å²) in [6, 6.07) is 12.0. The predicted octanol–water partition coefficient (Wildman–Crippen LogP) is 2.13. The molecule has 0 fully saturated rings. The van der Waals surface area contributed by atoms with Gasteiger partial charge in [-0.15, -0.1) is 0 Å². The third-order valence-corrected chi connectivity index (χ3v) is 3.16. The van der Waals surface area contributed by atoms with Gasteiger partial charge in [-0.25, -0.2) is 15.3 Å². The van der Waals surface area contributed by atoms with Gasteiger partial charge in [0.15, 0.2) is 5.84 Å². The van der Waals surface area contributed by atoms with E-state index in [0.29, 0.717) is 0 Å². The zero-order valence-electron chi connectivity index (χ0n) is 11.4. The third-order valence-electron chi connectivity index (χ3n) is 3.16. The zero-order chi connectivity index (χ0) is 13.9. The number of anilines is 1. The molecule has 1 unspecified atom stereocenters. The van der Waals surface area contributed by atoms with Crippen molar-refractivity contribution in [2.75, 3.05) is 19.0 Å². The fourth-order valence-corrected chi connectivity index (χ4v) is 2.00. The second kappa shape index (κ2) is 5.30. The van der Waals surface area contributed by atoms with Crippen molar-refractivity contribution >= 4 is 11.5 Å². The molecule has 1 N–H and O–H groups in total. The van der Waals surface area contributed by atoms with Crippen LogP contribution in [0.15, 0.2) is 53.8 Å². The third kappa shape index (κ3) is 2.48. The lowest BCUT2D eigenvalue weighted by atomic mass is 10.2. The molecule has 0 saturated carbocycles. The van der Waals surface area contributed by atoms with E-state index in [2.05, 4.69) is 32.5 Å². The van der Waals surface area contributed by atoms with E-state index in [9.17, 15) is 0 Å². The van der Waals surface area contributed by atoms with Crippen LogP contribution in [0.2, 0.25) is 0 Å². The minimum absolute atomic E-state index is 0.311. The van der Waals surface area contributed by atoms with Crippen molar-refractivity contribution in [3.8, 4) is 0 Å². The second-order valence-corrected chi connectivity index (χ2v) is 4.77. The maximum atomic E-state index is 5.52. The summed E-state index contributed by atoms with van der Waals surface area (Å²) < 4.78 is 0. The van der Waals surface area contributed by atoms with Gasteiger partial charge >= 0.3 is 0 Å². The first-order valence-electron chi connectivity index (χ1n) is 6.41. The van der Waals surface area contributed by atoms with Crippen molar-refractivity contribution in [1.29, 1.82) is 0 Å². The maximum absolute atomic E-state index is 5.52. The maximum Gasteiger partial charge on any atom is 0.202 e. The van der Waals surface area contributed by atoms with Gasteiger partial charge in [-0.3, -0.25) is 4.98 Å². The van der Waals surface area contributed by atoms with Crippen molar-refractivity contribution in [1.82, 2.24) is 10.5 Å². The molecule has 0 spiro atoms. The second-order valence-electron chi connectivity index (χ2n) is 4.77. The molecule has 0 aliphatic carbocycles. The first kappa shape index (κ1) is 12.6. The van der Waals surface area contributed by atoms with Gasteiger partial charge < -0.3 is 4.90 Å². The summed E-state index contributed by atoms with van der Waals surface area (Å²) in [5.41, 5.74) is 6.01. The summed E-state index contributed by atoms with van der Waals surface area (Å²) in [7, 11) is 4.03. The molecule has 20 heavy (non-hydrogen) atoms. The van der Waals surface area contributed by atoms with E-state index in [-0.39, 0.29) is 6.23 Å². The smallest absolute Gasteiger partial charge is 0.202 e. The van der Waals surface area contributed by atoms with Crippen LogP contribution in [0.5, 0.6) is 0 Å². The molecule has 0 amide bonds. The summed E-state index contributed by atoms with van der Waals surface area (Å²) in [6.07, 6.45) is 3.16. The lowest BCUT2D eigenvalue weighted by molar-refractivity contribution is 0.0377. The highest BCUT2D eigenvalue weighted by atomic mass is 16.7. The first-order chi connectivity index (χ1) is 9.74. The number of hydrogen-bond donors (Lipinski definition) is 1. The molecule has 1 aliphatic heterocycles. The van der Waals surface area contributed by atoms with E-state index in [4.69, 9.17) is 4.84 Å². The molecule has 5 nitrogen and oxygen atoms in total. The van der Waals surface area contributed by atoms with Gasteiger partial charge in [-0.2, -0.15) is 0 Å². The number of hydrogen-bond acceptors (Lipinski definition) is 5. The van der Waals surface area contributed by atoms with Crippen LogP contribution in [-0.2, 0) is 4.84 Å². The summed E-state index contributed by atoms with van der Waals surface area (Å²) in [4.78, 5) is 16.1. The molecule has 3 rings (SSSR count). The average molecular weight is 268 g/mol. The minimum Gasteiger partial charge on any atom is -0.378 e. The average Bonchev–Trinajstić information content (AvgIpc) is 2.98. The number of rotatable bonds is 3. The van der Waals surface area contributed by atoms with Crippen LogP contribution in [0.3, 0.4) is 0 Å². The van der Waals surface area contributed by atoms with Gasteiger partial charge in [0.25, 0.3) is 0 Å². The van der Waals surface area contributed by atoms with E-state index in [0.717, 1.165) is 22.6 Å². The van der Waals surface area contributed by atoms with E-state index >= 15 is 0 Å². The van der Waals surface area contributed by atoms with Crippen molar-refractivity contribution in [3.05, 3.63) is 59.9 Å². The molecule has 102 valence electrons. The molecule has 1 aliphatic rings. The van der Waals surface area contributed by atoms with Crippen LogP contribution in [-0.4, -0.2) is 24.9 Å². The Bertz CT molecular complexity index is 608. The molecule has 1 atom stereocenters. The van der Waals surface area contributed by atoms with Gasteiger partial charge in [0.2, 0.25) is 6.23 Å². The first-order valence-corrected chi connectivity index (χ1v) is 6.41. The van der Waals surface area contributed by atoms with E-state index < -0.39 is 0 Å². The molecular formula is C15H16N4O. The SMILES string of the molecule is CN(C)c1ccc(C2N=C(c3ccncc3)NO2)cc1. The lowest BCUT2D eigenvalue weighted by Gasteiger charge is -2.13. The van der Waals surface area contributed by atoms with Gasteiger partial charge in [0.05, 0.1) is 0 Å². The van der Waals surface area contributed by atoms with Gasteiger partial charge in [0, 0.05) is 43.3 Å². The molecule has 2 heterocycles. The van der Waals surface area contributed by atoms with Crippen LogP contribution < -0.4 is 10.4 Å². The lowest BCUT2D eigenvalue weighted by Crippen LogP contribution is -2.18. The topological polar surface area (TPSA) is 49.8 Å². The van der Waals surface area contributed by atoms with Crippen molar-refractivity contribution in [2.24, 2.45) is 4.99 Å². The predicted molar refractivity (Wildman–Crippen MR) is 78.5 cm³/mol. The molecule has 5 heteroatoms. The number of benzene rings is 1. The Balaban J connectivity index is 1.81. The van der Waals surface area contributed by atoms with Gasteiger partial charge in [-0.1, -0.05) is 12.1 Å². The summed E-state index contributed by atoms with van der Waals surface area (Å²) in [5.74, 6) is 0.731. The van der Waals surface area contributed by atoms with Crippen molar-refractivity contribution < 1.29 is 4.84 Å². The Labute approximate surface area is 117 Å². The van der Waals surface area contributed by atoms with Gasteiger partial charge in [-0.05, 0) is 24.3 Å². The van der Waals surface area contributed by atoms with Crippen molar-refractivity contribution in [2.45, 2.75) is 6.23 Å². The summed E-state index contributed by atoms with van der Waals surface area (Å²) in [5, 5.41) is 0. The quantitative estimate of drug-likeness (QED) is 0.926. The van der Waals surface area contributed by atoms with Crippen LogP contribution in [0.1, 0.15) is 17.4 Å². The van der Waals surface area contributed by atoms with E-state index in [1.807, 2.05) is 38.4 Å². The Hall–Kier alpha value is -2.40. The Kier molecular flexibility index (Phi) is 3.35. The highest BCUT2D eigenvalue weighted by Crippen LogP contribution is 2.24. The molecule has 1 aromatic carbocycles. The van der Waals surface area contributed by atoms with Crippen LogP contribution in [0, 0.1) is 0 Å². The van der Waals surface area contributed by atoms with Crippen LogP contribution in [0.4, 0.5) is 5.69 Å². The number of aliphatic imine (C=N–C) groups is 1. The Morgan fingerprint density at radius 3 is 2.40 bits per heavy atom. The molecule has 0 radical (unpaired) electrons. The van der Waals surface area contributed by atoms with Gasteiger partial charge in [0.1, 0.15) is 0 Å². The number of pyridine rings is 1. The monoisotopic (exact) mass is 268 g/mol. The van der Waals surface area contributed by atoms with E-state index in [1.54, 1.807) is 12.4 Å². The fourth-order valence-electron chi connectivity index (χ4n) is 2.00. The highest BCUT2D eigenvalue weighted by Gasteiger charge is 2.20. The van der Waals surface area contributed by atoms with Crippen LogP contribution in [0.25, 0.3) is 0 Å². The Morgan fingerprint density at radius 2 is 1.75 bits per heavy atom. The van der Waals surface area contributed by atoms with E-state index in [1.165, 1.54) is 0 Å². The zero-order valence-corrected chi connectivity index (χ0v) is 11.4. The number of amidine groups is 1. The Morgan fingerprint density at radius 1 is 1.05 bits per heavy atom.